The van der Waals surface area contributed by atoms with E-state index < -0.39 is 23.8 Å². The van der Waals surface area contributed by atoms with Crippen molar-refractivity contribution in [1.29, 1.82) is 0 Å². The Balaban J connectivity index is 1.59. The smallest absolute Gasteiger partial charge is 0.408 e. The number of nitrogens with one attached hydrogen (secondary N) is 3. The van der Waals surface area contributed by atoms with Crippen molar-refractivity contribution in [2.75, 3.05) is 13.1 Å². The van der Waals surface area contributed by atoms with Gasteiger partial charge >= 0.3 is 6.09 Å². The van der Waals surface area contributed by atoms with E-state index in [4.69, 9.17) is 4.74 Å². The van der Waals surface area contributed by atoms with E-state index in [9.17, 15) is 19.2 Å². The summed E-state index contributed by atoms with van der Waals surface area (Å²) < 4.78 is 5.41. The van der Waals surface area contributed by atoms with Crippen LogP contribution in [0.25, 0.3) is 0 Å². The molecule has 3 unspecified atom stereocenters. The number of ether oxygens (including phenoxy) is 1. The lowest BCUT2D eigenvalue weighted by Crippen LogP contribution is -2.55. The van der Waals surface area contributed by atoms with Crippen LogP contribution in [0.5, 0.6) is 0 Å². The molecule has 3 atom stereocenters. The van der Waals surface area contributed by atoms with Crippen molar-refractivity contribution in [3.8, 4) is 0 Å². The fourth-order valence-electron chi connectivity index (χ4n) is 5.02. The molecule has 0 saturated carbocycles. The third-order valence-electron chi connectivity index (χ3n) is 7.35. The molecule has 42 heavy (non-hydrogen) atoms. The van der Waals surface area contributed by atoms with E-state index in [2.05, 4.69) is 16.0 Å². The number of carbonyl (C=O) groups is 4. The van der Waals surface area contributed by atoms with E-state index in [1.807, 2.05) is 81.4 Å². The first-order chi connectivity index (χ1) is 19.8. The fraction of sp³-hybridized carbons (Fsp3) is 0.515. The number of alkyl carbamates (subject to hydrolysis) is 1. The summed E-state index contributed by atoms with van der Waals surface area (Å²) in [7, 11) is 0. The topological polar surface area (TPSA) is 117 Å². The summed E-state index contributed by atoms with van der Waals surface area (Å²) in [5, 5.41) is 8.74. The van der Waals surface area contributed by atoms with Gasteiger partial charge in [0.1, 0.15) is 17.7 Å². The summed E-state index contributed by atoms with van der Waals surface area (Å²) in [5.74, 6) is -1.04. The van der Waals surface area contributed by atoms with Gasteiger partial charge in [-0.2, -0.15) is 0 Å². The molecule has 0 aliphatic carbocycles. The standard InChI is InChI=1S/C33H46N4O5/c1-22(2)28(30(39)34-23(3)25-15-11-8-12-16-25)36-29(38)26-17-19-37(20-18-26)31(40)27(21-24-13-9-7-10-14-24)35-32(41)42-33(4,5)6/h7-16,22-23,26-28H,17-21H2,1-6H3,(H,34,39)(H,35,41)(H,36,38). The third kappa shape index (κ3) is 9.89. The molecule has 3 N–H and O–H groups in total. The van der Waals surface area contributed by atoms with Gasteiger partial charge in [0.05, 0.1) is 6.04 Å². The zero-order valence-corrected chi connectivity index (χ0v) is 25.7. The number of rotatable bonds is 10. The molecular formula is C33H46N4O5. The molecule has 2 aromatic carbocycles. The average Bonchev–Trinajstić information content (AvgIpc) is 2.95. The molecule has 4 amide bonds. The van der Waals surface area contributed by atoms with Gasteiger partial charge in [0.25, 0.3) is 0 Å². The van der Waals surface area contributed by atoms with Gasteiger partial charge in [-0.1, -0.05) is 74.5 Å². The summed E-state index contributed by atoms with van der Waals surface area (Å²) in [6.07, 6.45) is 0.612. The quantitative estimate of drug-likeness (QED) is 0.387. The van der Waals surface area contributed by atoms with Gasteiger partial charge in [0.15, 0.2) is 0 Å². The van der Waals surface area contributed by atoms with Crippen molar-refractivity contribution < 1.29 is 23.9 Å². The first-order valence-electron chi connectivity index (χ1n) is 14.8. The maximum atomic E-state index is 13.6. The van der Waals surface area contributed by atoms with Crippen LogP contribution in [0.4, 0.5) is 4.79 Å². The van der Waals surface area contributed by atoms with Gasteiger partial charge < -0.3 is 25.6 Å². The minimum atomic E-state index is -0.798. The zero-order chi connectivity index (χ0) is 30.9. The number of amides is 4. The second-order valence-corrected chi connectivity index (χ2v) is 12.4. The highest BCUT2D eigenvalue weighted by atomic mass is 16.6. The molecule has 1 aliphatic rings. The van der Waals surface area contributed by atoms with Crippen LogP contribution in [0.15, 0.2) is 60.7 Å². The first kappa shape index (κ1) is 32.6. The summed E-state index contributed by atoms with van der Waals surface area (Å²) in [6, 6.07) is 17.5. The first-order valence-corrected chi connectivity index (χ1v) is 14.8. The molecule has 2 aromatic rings. The zero-order valence-electron chi connectivity index (χ0n) is 25.7. The van der Waals surface area contributed by atoms with Crippen molar-refractivity contribution in [3.05, 3.63) is 71.8 Å². The molecule has 0 aromatic heterocycles. The molecule has 1 heterocycles. The lowest BCUT2D eigenvalue weighted by molar-refractivity contribution is -0.138. The molecule has 1 aliphatic heterocycles. The van der Waals surface area contributed by atoms with Crippen LogP contribution in [-0.2, 0) is 25.5 Å². The molecule has 0 bridgehead atoms. The largest absolute Gasteiger partial charge is 0.444 e. The minimum Gasteiger partial charge on any atom is -0.444 e. The second kappa shape index (κ2) is 14.8. The molecule has 0 radical (unpaired) electrons. The van der Waals surface area contributed by atoms with Gasteiger partial charge in [-0.15, -0.1) is 0 Å². The summed E-state index contributed by atoms with van der Waals surface area (Å²) >= 11 is 0. The second-order valence-electron chi connectivity index (χ2n) is 12.4. The van der Waals surface area contributed by atoms with Gasteiger partial charge in [-0.25, -0.2) is 4.79 Å². The van der Waals surface area contributed by atoms with E-state index in [1.165, 1.54) is 0 Å². The predicted octanol–water partition coefficient (Wildman–Crippen LogP) is 4.38. The number of hydrogen-bond donors (Lipinski definition) is 3. The Morgan fingerprint density at radius 3 is 1.98 bits per heavy atom. The normalized spacial score (nSPS) is 16.2. The van der Waals surface area contributed by atoms with E-state index in [0.29, 0.717) is 32.4 Å². The number of carbonyl (C=O) groups excluding carboxylic acids is 4. The molecule has 1 saturated heterocycles. The van der Waals surface area contributed by atoms with Crippen molar-refractivity contribution >= 4 is 23.8 Å². The van der Waals surface area contributed by atoms with Gasteiger partial charge in [0, 0.05) is 25.4 Å². The molecule has 3 rings (SSSR count). The van der Waals surface area contributed by atoms with Gasteiger partial charge in [0.2, 0.25) is 17.7 Å². The molecule has 1 fully saturated rings. The Labute approximate surface area is 249 Å². The Morgan fingerprint density at radius 2 is 1.43 bits per heavy atom. The van der Waals surface area contributed by atoms with Crippen LogP contribution in [0.3, 0.4) is 0 Å². The molecular weight excluding hydrogens is 532 g/mol. The van der Waals surface area contributed by atoms with E-state index >= 15 is 0 Å². The van der Waals surface area contributed by atoms with Crippen molar-refractivity contribution in [1.82, 2.24) is 20.9 Å². The van der Waals surface area contributed by atoms with Crippen LogP contribution >= 0.6 is 0 Å². The van der Waals surface area contributed by atoms with Crippen molar-refractivity contribution in [2.24, 2.45) is 11.8 Å². The Morgan fingerprint density at radius 1 is 0.857 bits per heavy atom. The SMILES string of the molecule is CC(NC(=O)C(NC(=O)C1CCN(C(=O)C(Cc2ccccc2)NC(=O)OC(C)(C)C)CC1)C(C)C)c1ccccc1. The van der Waals surface area contributed by atoms with Gasteiger partial charge in [-0.05, 0) is 57.6 Å². The van der Waals surface area contributed by atoms with Crippen LogP contribution in [0, 0.1) is 11.8 Å². The van der Waals surface area contributed by atoms with E-state index in [1.54, 1.807) is 25.7 Å². The third-order valence-corrected chi connectivity index (χ3v) is 7.35. The van der Waals surface area contributed by atoms with Crippen LogP contribution in [-0.4, -0.2) is 59.5 Å². The lowest BCUT2D eigenvalue weighted by Gasteiger charge is -2.35. The van der Waals surface area contributed by atoms with Crippen LogP contribution < -0.4 is 16.0 Å². The predicted molar refractivity (Wildman–Crippen MR) is 162 cm³/mol. The van der Waals surface area contributed by atoms with Crippen molar-refractivity contribution in [2.45, 2.75) is 84.5 Å². The van der Waals surface area contributed by atoms with Crippen LogP contribution in [0.1, 0.15) is 71.6 Å². The number of benzene rings is 2. The number of likely N-dealkylation sites (tertiary alicyclic amines) is 1. The number of nitrogens with zero attached hydrogens (tertiary/aromatic N) is 1. The van der Waals surface area contributed by atoms with Crippen molar-refractivity contribution in [3.63, 3.8) is 0 Å². The highest BCUT2D eigenvalue weighted by molar-refractivity contribution is 5.89. The molecule has 228 valence electrons. The monoisotopic (exact) mass is 578 g/mol. The summed E-state index contributed by atoms with van der Waals surface area (Å²) in [5.41, 5.74) is 1.21. The maximum absolute atomic E-state index is 13.6. The molecule has 9 nitrogen and oxygen atoms in total. The average molecular weight is 579 g/mol. The fourth-order valence-corrected chi connectivity index (χ4v) is 5.02. The van der Waals surface area contributed by atoms with E-state index in [0.717, 1.165) is 11.1 Å². The summed E-state index contributed by atoms with van der Waals surface area (Å²) in [6.45, 7) is 11.8. The molecule has 9 heteroatoms. The molecule has 0 spiro atoms. The van der Waals surface area contributed by atoms with Gasteiger partial charge in [-0.3, -0.25) is 14.4 Å². The van der Waals surface area contributed by atoms with E-state index in [-0.39, 0.29) is 35.6 Å². The Bertz CT molecular complexity index is 1190. The van der Waals surface area contributed by atoms with Crippen LogP contribution in [0.2, 0.25) is 0 Å². The highest BCUT2D eigenvalue weighted by Crippen LogP contribution is 2.21. The Hall–Kier alpha value is -3.88. The Kier molecular flexibility index (Phi) is 11.5. The lowest BCUT2D eigenvalue weighted by atomic mass is 9.93. The summed E-state index contributed by atoms with van der Waals surface area (Å²) in [4.78, 5) is 54.2. The number of piperidine rings is 1. The highest BCUT2D eigenvalue weighted by Gasteiger charge is 2.34. The maximum Gasteiger partial charge on any atom is 0.408 e. The number of hydrogen-bond acceptors (Lipinski definition) is 5. The minimum absolute atomic E-state index is 0.101.